The third kappa shape index (κ3) is 4.51. The Kier molecular flexibility index (Phi) is 6.82. The predicted molar refractivity (Wildman–Crippen MR) is 103 cm³/mol. The summed E-state index contributed by atoms with van der Waals surface area (Å²) in [5, 5.41) is 5.01. The first-order valence-corrected chi connectivity index (χ1v) is 9.07. The highest BCUT2D eigenvalue weighted by Gasteiger charge is 2.32. The average molecular weight is 343 g/mol. The summed E-state index contributed by atoms with van der Waals surface area (Å²) in [6.45, 7) is 6.71. The van der Waals surface area contributed by atoms with E-state index in [4.69, 9.17) is 9.47 Å². The molecule has 0 aliphatic rings. The van der Waals surface area contributed by atoms with Gasteiger partial charge in [0.05, 0.1) is 6.61 Å². The maximum absolute atomic E-state index is 12.7. The van der Waals surface area contributed by atoms with Crippen molar-refractivity contribution < 1.29 is 14.3 Å². The number of carbonyl (C=O) groups excluding carboxylic acids is 1. The van der Waals surface area contributed by atoms with E-state index >= 15 is 0 Å². The minimum absolute atomic E-state index is 0.123. The van der Waals surface area contributed by atoms with Gasteiger partial charge in [-0.1, -0.05) is 51.0 Å². The lowest BCUT2D eigenvalue weighted by Gasteiger charge is -2.26. The van der Waals surface area contributed by atoms with Gasteiger partial charge in [-0.2, -0.15) is 0 Å². The van der Waals surface area contributed by atoms with Gasteiger partial charge in [-0.3, -0.25) is 4.79 Å². The summed E-state index contributed by atoms with van der Waals surface area (Å²) in [4.78, 5) is 12.7. The second-order valence-corrected chi connectivity index (χ2v) is 6.50. The Bertz CT molecular complexity index is 713. The van der Waals surface area contributed by atoms with Crippen LogP contribution in [0.4, 0.5) is 5.69 Å². The van der Waals surface area contributed by atoms with Gasteiger partial charge in [-0.05, 0) is 31.9 Å². The van der Waals surface area contributed by atoms with E-state index in [2.05, 4.69) is 12.2 Å². The molecule has 4 nitrogen and oxygen atoms in total. The molecule has 136 valence electrons. The predicted octanol–water partition coefficient (Wildman–Crippen LogP) is 5.16. The van der Waals surface area contributed by atoms with Crippen LogP contribution < -0.4 is 10.1 Å². The van der Waals surface area contributed by atoms with Crippen LogP contribution in [0.5, 0.6) is 5.75 Å². The number of benzene rings is 2. The van der Waals surface area contributed by atoms with Crippen molar-refractivity contribution in [2.75, 3.05) is 19.0 Å². The van der Waals surface area contributed by atoms with Gasteiger partial charge >= 0.3 is 0 Å². The van der Waals surface area contributed by atoms with Crippen molar-refractivity contribution in [3.63, 3.8) is 0 Å². The zero-order chi connectivity index (χ0) is 18.3. The first kappa shape index (κ1) is 19.3. The summed E-state index contributed by atoms with van der Waals surface area (Å²) in [5.41, 5.74) is -0.0468. The molecule has 2 rings (SSSR count). The lowest BCUT2D eigenvalue weighted by molar-refractivity contribution is -0.136. The molecule has 1 amide bonds. The van der Waals surface area contributed by atoms with Gasteiger partial charge in [0.1, 0.15) is 11.4 Å². The maximum Gasteiger partial charge on any atom is 0.256 e. The molecule has 25 heavy (non-hydrogen) atoms. The minimum Gasteiger partial charge on any atom is -0.493 e. The van der Waals surface area contributed by atoms with Crippen LogP contribution in [0.1, 0.15) is 46.5 Å². The third-order valence-electron chi connectivity index (χ3n) is 4.55. The lowest BCUT2D eigenvalue weighted by Crippen LogP contribution is -2.41. The number of anilines is 1. The lowest BCUT2D eigenvalue weighted by atomic mass is 9.98. The number of ether oxygens (including phenoxy) is 2. The van der Waals surface area contributed by atoms with Gasteiger partial charge in [-0.25, -0.2) is 0 Å². The van der Waals surface area contributed by atoms with Crippen LogP contribution >= 0.6 is 0 Å². The number of unbranched alkanes of at least 4 members (excludes halogenated alkanes) is 1. The van der Waals surface area contributed by atoms with E-state index in [1.807, 2.05) is 50.2 Å². The molecule has 0 radical (unpaired) electrons. The Hall–Kier alpha value is -2.07. The van der Waals surface area contributed by atoms with Crippen LogP contribution in [0, 0.1) is 0 Å². The van der Waals surface area contributed by atoms with Crippen molar-refractivity contribution in [1.82, 2.24) is 0 Å². The number of carbonyl (C=O) groups is 1. The van der Waals surface area contributed by atoms with E-state index in [1.54, 1.807) is 7.11 Å². The fraction of sp³-hybridized carbons (Fsp3) is 0.476. The van der Waals surface area contributed by atoms with Gasteiger partial charge in [0.2, 0.25) is 0 Å². The molecular formula is C21H29NO3. The van der Waals surface area contributed by atoms with Crippen LogP contribution in [-0.2, 0) is 9.53 Å². The fourth-order valence-corrected chi connectivity index (χ4v) is 2.87. The van der Waals surface area contributed by atoms with Crippen molar-refractivity contribution >= 4 is 22.4 Å². The highest BCUT2D eigenvalue weighted by Crippen LogP contribution is 2.32. The molecule has 1 unspecified atom stereocenters. The molecule has 2 aromatic carbocycles. The van der Waals surface area contributed by atoms with E-state index < -0.39 is 5.60 Å². The molecule has 0 spiro atoms. The van der Waals surface area contributed by atoms with E-state index in [0.717, 1.165) is 41.5 Å². The standard InChI is InChI=1S/C21H29NO3/c1-5-7-15-25-19-13-12-18(16-10-8-9-11-17(16)19)22-20(23)21(3,24-4)14-6-2/h8-13H,5-7,14-15H2,1-4H3,(H,22,23). The van der Waals surface area contributed by atoms with Gasteiger partial charge in [0, 0.05) is 23.6 Å². The SMILES string of the molecule is CCCCOc1ccc(NC(=O)C(C)(CCC)OC)c2ccccc12. The Morgan fingerprint density at radius 3 is 2.44 bits per heavy atom. The zero-order valence-electron chi connectivity index (χ0n) is 15.7. The number of fused-ring (bicyclic) bond motifs is 1. The number of hydrogen-bond acceptors (Lipinski definition) is 3. The second-order valence-electron chi connectivity index (χ2n) is 6.50. The van der Waals surface area contributed by atoms with Crippen molar-refractivity contribution in [2.45, 2.75) is 52.1 Å². The van der Waals surface area contributed by atoms with E-state index in [-0.39, 0.29) is 5.91 Å². The van der Waals surface area contributed by atoms with Gasteiger partial charge in [0.15, 0.2) is 0 Å². The normalized spacial score (nSPS) is 13.4. The zero-order valence-corrected chi connectivity index (χ0v) is 15.7. The first-order valence-electron chi connectivity index (χ1n) is 9.07. The van der Waals surface area contributed by atoms with Crippen LogP contribution in [0.3, 0.4) is 0 Å². The molecule has 1 N–H and O–H groups in total. The van der Waals surface area contributed by atoms with E-state index in [1.165, 1.54) is 0 Å². The Morgan fingerprint density at radius 2 is 1.80 bits per heavy atom. The summed E-state index contributed by atoms with van der Waals surface area (Å²) in [6, 6.07) is 11.8. The molecule has 0 fully saturated rings. The third-order valence-corrected chi connectivity index (χ3v) is 4.55. The average Bonchev–Trinajstić information content (AvgIpc) is 2.63. The van der Waals surface area contributed by atoms with Crippen LogP contribution in [0.25, 0.3) is 10.8 Å². The molecule has 0 bridgehead atoms. The topological polar surface area (TPSA) is 47.6 Å². The van der Waals surface area contributed by atoms with Crippen LogP contribution in [-0.4, -0.2) is 25.2 Å². The molecule has 0 saturated carbocycles. The number of amides is 1. The largest absolute Gasteiger partial charge is 0.493 e. The summed E-state index contributed by atoms with van der Waals surface area (Å²) < 4.78 is 11.4. The summed E-state index contributed by atoms with van der Waals surface area (Å²) in [7, 11) is 1.58. The van der Waals surface area contributed by atoms with Gasteiger partial charge in [-0.15, -0.1) is 0 Å². The molecular weight excluding hydrogens is 314 g/mol. The molecule has 0 aromatic heterocycles. The highest BCUT2D eigenvalue weighted by molar-refractivity contribution is 6.06. The Labute approximate surface area is 150 Å². The first-order chi connectivity index (χ1) is 12.1. The number of nitrogens with one attached hydrogen (secondary N) is 1. The van der Waals surface area contributed by atoms with Crippen molar-refractivity contribution in [3.05, 3.63) is 36.4 Å². The smallest absolute Gasteiger partial charge is 0.256 e. The summed E-state index contributed by atoms with van der Waals surface area (Å²) >= 11 is 0. The number of rotatable bonds is 9. The minimum atomic E-state index is -0.827. The Balaban J connectivity index is 2.30. The fourth-order valence-electron chi connectivity index (χ4n) is 2.87. The van der Waals surface area contributed by atoms with Crippen LogP contribution in [0.15, 0.2) is 36.4 Å². The van der Waals surface area contributed by atoms with Crippen molar-refractivity contribution in [1.29, 1.82) is 0 Å². The Morgan fingerprint density at radius 1 is 1.08 bits per heavy atom. The molecule has 0 heterocycles. The van der Waals surface area contributed by atoms with Crippen molar-refractivity contribution in [2.24, 2.45) is 0 Å². The maximum atomic E-state index is 12.7. The molecule has 0 saturated heterocycles. The molecule has 4 heteroatoms. The molecule has 1 atom stereocenters. The molecule has 2 aromatic rings. The summed E-state index contributed by atoms with van der Waals surface area (Å²) in [6.07, 6.45) is 3.67. The molecule has 0 aliphatic carbocycles. The number of hydrogen-bond donors (Lipinski definition) is 1. The highest BCUT2D eigenvalue weighted by atomic mass is 16.5. The number of methoxy groups -OCH3 is 1. The quantitative estimate of drug-likeness (QED) is 0.640. The van der Waals surface area contributed by atoms with E-state index in [9.17, 15) is 4.79 Å². The summed E-state index contributed by atoms with van der Waals surface area (Å²) in [5.74, 6) is 0.728. The monoisotopic (exact) mass is 343 g/mol. The van der Waals surface area contributed by atoms with Crippen LogP contribution in [0.2, 0.25) is 0 Å². The van der Waals surface area contributed by atoms with E-state index in [0.29, 0.717) is 13.0 Å². The second kappa shape index (κ2) is 8.86. The van der Waals surface area contributed by atoms with Gasteiger partial charge < -0.3 is 14.8 Å². The molecule has 0 aliphatic heterocycles. The van der Waals surface area contributed by atoms with Gasteiger partial charge in [0.25, 0.3) is 5.91 Å². The van der Waals surface area contributed by atoms with Crippen molar-refractivity contribution in [3.8, 4) is 5.75 Å².